The molecule has 0 aliphatic heterocycles. The lowest BCUT2D eigenvalue weighted by molar-refractivity contribution is 0.778. The Bertz CT molecular complexity index is 423. The fraction of sp³-hybridized carbons (Fsp3) is 0.333. The van der Waals surface area contributed by atoms with Gasteiger partial charge in [0.2, 0.25) is 0 Å². The molecule has 1 atom stereocenters. The van der Waals surface area contributed by atoms with Gasteiger partial charge in [0.15, 0.2) is 0 Å². The molecule has 0 saturated heterocycles. The van der Waals surface area contributed by atoms with Crippen LogP contribution in [0, 0.1) is 0 Å². The topological polar surface area (TPSA) is 63.8 Å². The van der Waals surface area contributed by atoms with Crippen LogP contribution >= 0.6 is 11.3 Å². The van der Waals surface area contributed by atoms with Crippen molar-refractivity contribution in [3.05, 3.63) is 17.6 Å². The first kappa shape index (κ1) is 9.36. The maximum absolute atomic E-state index is 5.63. The normalized spacial score (nSPS) is 13.0. The molecule has 0 fully saturated rings. The number of nitrogens with one attached hydrogen (secondary N) is 1. The van der Waals surface area contributed by atoms with Crippen LogP contribution in [0.25, 0.3) is 10.3 Å². The highest BCUT2D eigenvalue weighted by Crippen LogP contribution is 2.17. The minimum Gasteiger partial charge on any atom is -0.368 e. The van der Waals surface area contributed by atoms with Crippen LogP contribution in [-0.2, 0) is 0 Å². The molecule has 2 aromatic heterocycles. The van der Waals surface area contributed by atoms with Gasteiger partial charge in [-0.15, -0.1) is 11.3 Å². The van der Waals surface area contributed by atoms with Crippen LogP contribution in [0.2, 0.25) is 0 Å². The summed E-state index contributed by atoms with van der Waals surface area (Å²) in [5.74, 6) is 0.860. The van der Waals surface area contributed by atoms with Crippen molar-refractivity contribution in [3.63, 3.8) is 0 Å². The molecule has 3 N–H and O–H groups in total. The SMILES string of the molecule is CC(N)CNc1ccc2ncsc2n1. The maximum atomic E-state index is 5.63. The van der Waals surface area contributed by atoms with Crippen molar-refractivity contribution in [3.8, 4) is 0 Å². The summed E-state index contributed by atoms with van der Waals surface area (Å²) in [5.41, 5.74) is 8.38. The van der Waals surface area contributed by atoms with Crippen LogP contribution in [0.3, 0.4) is 0 Å². The maximum Gasteiger partial charge on any atom is 0.145 e. The van der Waals surface area contributed by atoms with E-state index < -0.39 is 0 Å². The van der Waals surface area contributed by atoms with E-state index in [1.165, 1.54) is 0 Å². The summed E-state index contributed by atoms with van der Waals surface area (Å²) < 4.78 is 0. The number of rotatable bonds is 3. The monoisotopic (exact) mass is 208 g/mol. The lowest BCUT2D eigenvalue weighted by Crippen LogP contribution is -2.25. The third-order valence-electron chi connectivity index (χ3n) is 1.80. The van der Waals surface area contributed by atoms with Gasteiger partial charge in [-0.3, -0.25) is 0 Å². The predicted octanol–water partition coefficient (Wildman–Crippen LogP) is 1.45. The zero-order valence-corrected chi connectivity index (χ0v) is 8.71. The number of hydrogen-bond acceptors (Lipinski definition) is 5. The van der Waals surface area contributed by atoms with Gasteiger partial charge < -0.3 is 11.1 Å². The number of thiazole rings is 1. The van der Waals surface area contributed by atoms with Gasteiger partial charge in [-0.25, -0.2) is 9.97 Å². The van der Waals surface area contributed by atoms with E-state index in [1.54, 1.807) is 16.8 Å². The molecular formula is C9H12N4S. The molecule has 4 nitrogen and oxygen atoms in total. The number of fused-ring (bicyclic) bond motifs is 1. The van der Waals surface area contributed by atoms with E-state index in [0.29, 0.717) is 0 Å². The molecule has 2 heterocycles. The molecule has 14 heavy (non-hydrogen) atoms. The largest absolute Gasteiger partial charge is 0.368 e. The second-order valence-electron chi connectivity index (χ2n) is 3.23. The van der Waals surface area contributed by atoms with Gasteiger partial charge in [0, 0.05) is 12.6 Å². The van der Waals surface area contributed by atoms with Crippen LogP contribution in [-0.4, -0.2) is 22.6 Å². The van der Waals surface area contributed by atoms with Gasteiger partial charge in [-0.1, -0.05) is 0 Å². The minimum absolute atomic E-state index is 0.133. The molecule has 2 rings (SSSR count). The van der Waals surface area contributed by atoms with E-state index in [4.69, 9.17) is 5.73 Å². The van der Waals surface area contributed by atoms with Crippen LogP contribution in [0.5, 0.6) is 0 Å². The molecule has 2 aromatic rings. The highest BCUT2D eigenvalue weighted by atomic mass is 32.1. The van der Waals surface area contributed by atoms with E-state index in [-0.39, 0.29) is 6.04 Å². The smallest absolute Gasteiger partial charge is 0.145 e. The average molecular weight is 208 g/mol. The van der Waals surface area contributed by atoms with Crippen LogP contribution in [0.4, 0.5) is 5.82 Å². The zero-order valence-electron chi connectivity index (χ0n) is 7.90. The van der Waals surface area contributed by atoms with Gasteiger partial charge >= 0.3 is 0 Å². The molecule has 5 heteroatoms. The van der Waals surface area contributed by atoms with Crippen molar-refractivity contribution in [2.45, 2.75) is 13.0 Å². The Kier molecular flexibility index (Phi) is 2.60. The minimum atomic E-state index is 0.133. The summed E-state index contributed by atoms with van der Waals surface area (Å²) in [4.78, 5) is 9.51. The summed E-state index contributed by atoms with van der Waals surface area (Å²) in [7, 11) is 0. The van der Waals surface area contributed by atoms with Gasteiger partial charge in [0.25, 0.3) is 0 Å². The summed E-state index contributed by atoms with van der Waals surface area (Å²) in [6.07, 6.45) is 0. The van der Waals surface area contributed by atoms with Crippen LogP contribution in [0.15, 0.2) is 17.6 Å². The molecule has 0 amide bonds. The third kappa shape index (κ3) is 2.00. The van der Waals surface area contributed by atoms with E-state index in [0.717, 1.165) is 22.7 Å². The second kappa shape index (κ2) is 3.89. The quantitative estimate of drug-likeness (QED) is 0.801. The number of pyridine rings is 1. The number of aromatic nitrogens is 2. The Labute approximate surface area is 86.2 Å². The number of nitrogens with two attached hydrogens (primary N) is 1. The van der Waals surface area contributed by atoms with Crippen molar-refractivity contribution in [2.24, 2.45) is 5.73 Å². The highest BCUT2D eigenvalue weighted by Gasteiger charge is 2.00. The molecule has 1 unspecified atom stereocenters. The fourth-order valence-corrected chi connectivity index (χ4v) is 1.77. The Morgan fingerprint density at radius 3 is 3.21 bits per heavy atom. The summed E-state index contributed by atoms with van der Waals surface area (Å²) in [6.45, 7) is 2.69. The van der Waals surface area contributed by atoms with Crippen molar-refractivity contribution in [2.75, 3.05) is 11.9 Å². The summed E-state index contributed by atoms with van der Waals surface area (Å²) in [5, 5.41) is 3.17. The van der Waals surface area contributed by atoms with Gasteiger partial charge in [-0.2, -0.15) is 0 Å². The molecule has 74 valence electrons. The second-order valence-corrected chi connectivity index (χ2v) is 4.06. The molecule has 0 saturated carbocycles. The first-order valence-corrected chi connectivity index (χ1v) is 5.33. The van der Waals surface area contributed by atoms with Crippen molar-refractivity contribution < 1.29 is 0 Å². The first-order chi connectivity index (χ1) is 6.75. The molecule has 0 aromatic carbocycles. The Balaban J connectivity index is 2.17. The van der Waals surface area contributed by atoms with E-state index in [1.807, 2.05) is 19.1 Å². The number of nitrogens with zero attached hydrogens (tertiary/aromatic N) is 2. The number of hydrogen-bond donors (Lipinski definition) is 2. The van der Waals surface area contributed by atoms with Crippen molar-refractivity contribution in [1.29, 1.82) is 0 Å². The van der Waals surface area contributed by atoms with E-state index >= 15 is 0 Å². The van der Waals surface area contributed by atoms with Gasteiger partial charge in [0.05, 0.1) is 5.51 Å². The van der Waals surface area contributed by atoms with Gasteiger partial charge in [0.1, 0.15) is 16.2 Å². The average Bonchev–Trinajstić information content (AvgIpc) is 2.61. The fourth-order valence-electron chi connectivity index (χ4n) is 1.12. The third-order valence-corrected chi connectivity index (χ3v) is 2.54. The highest BCUT2D eigenvalue weighted by molar-refractivity contribution is 7.16. The molecule has 0 aliphatic carbocycles. The van der Waals surface area contributed by atoms with Crippen LogP contribution < -0.4 is 11.1 Å². The zero-order chi connectivity index (χ0) is 9.97. The molecule has 0 radical (unpaired) electrons. The number of anilines is 1. The van der Waals surface area contributed by atoms with Crippen molar-refractivity contribution >= 4 is 27.5 Å². The first-order valence-electron chi connectivity index (χ1n) is 4.45. The Hall–Kier alpha value is -1.20. The molecule has 0 bridgehead atoms. The van der Waals surface area contributed by atoms with E-state index in [2.05, 4.69) is 15.3 Å². The molecular weight excluding hydrogens is 196 g/mol. The molecule has 0 spiro atoms. The Morgan fingerprint density at radius 1 is 1.57 bits per heavy atom. The van der Waals surface area contributed by atoms with E-state index in [9.17, 15) is 0 Å². The predicted molar refractivity (Wildman–Crippen MR) is 59.6 cm³/mol. The Morgan fingerprint density at radius 2 is 2.43 bits per heavy atom. The lowest BCUT2D eigenvalue weighted by Gasteiger charge is -2.07. The lowest BCUT2D eigenvalue weighted by atomic mass is 10.3. The van der Waals surface area contributed by atoms with Crippen molar-refractivity contribution in [1.82, 2.24) is 9.97 Å². The summed E-state index contributed by atoms with van der Waals surface area (Å²) >= 11 is 1.54. The van der Waals surface area contributed by atoms with Crippen LogP contribution in [0.1, 0.15) is 6.92 Å². The van der Waals surface area contributed by atoms with Gasteiger partial charge in [-0.05, 0) is 19.1 Å². The molecule has 0 aliphatic rings. The summed E-state index contributed by atoms with van der Waals surface area (Å²) in [6, 6.07) is 4.02. The standard InChI is InChI=1S/C9H12N4S/c1-6(10)4-11-8-3-2-7-9(13-8)14-5-12-7/h2-3,5-6H,4,10H2,1H3,(H,11,13).